The van der Waals surface area contributed by atoms with Gasteiger partial charge in [0.2, 0.25) is 0 Å². The summed E-state index contributed by atoms with van der Waals surface area (Å²) in [5.41, 5.74) is -2.72. The molecule has 3 unspecified atom stereocenters. The fourth-order valence-electron chi connectivity index (χ4n) is 1.34. The second-order valence-corrected chi connectivity index (χ2v) is 15.3. The van der Waals surface area contributed by atoms with Crippen LogP contribution in [-0.2, 0) is 13.6 Å². The summed E-state index contributed by atoms with van der Waals surface area (Å²) in [6.45, 7) is 0. The van der Waals surface area contributed by atoms with Gasteiger partial charge >= 0.3 is 8.60 Å². The minimum Gasteiger partial charge on any atom is -0.293 e. The Bertz CT molecular complexity index is 366. The third kappa shape index (κ3) is 21.6. The predicted molar refractivity (Wildman–Crippen MR) is 128 cm³/mol. The molecular weight excluding hydrogens is 649 g/mol. The molecule has 0 amide bonds. The van der Waals surface area contributed by atoms with Crippen LogP contribution in [0.1, 0.15) is 38.5 Å². The first-order chi connectivity index (χ1) is 12.5. The van der Waals surface area contributed by atoms with Gasteiger partial charge in [-0.3, -0.25) is 13.6 Å². The van der Waals surface area contributed by atoms with Crippen LogP contribution in [0.5, 0.6) is 0 Å². The Morgan fingerprint density at radius 3 is 0.893 bits per heavy atom. The molecule has 0 heterocycles. The van der Waals surface area contributed by atoms with Crippen molar-refractivity contribution in [2.75, 3.05) is 0 Å². The molecule has 0 aliphatic carbocycles. The molecule has 0 aliphatic rings. The SMILES string of the molecule is ClC(CCC(Cl)(Cl)Cl)OP(OC(Cl)CCC(Cl)(Cl)Cl)OC(Cl)CCC(Cl)(Cl)Cl. The summed E-state index contributed by atoms with van der Waals surface area (Å²) in [5, 5.41) is 0. The average Bonchev–Trinajstić information content (AvgIpc) is 2.47. The molecule has 0 saturated carbocycles. The van der Waals surface area contributed by atoms with Crippen LogP contribution >= 0.6 is 148 Å². The molecule has 170 valence electrons. The van der Waals surface area contributed by atoms with E-state index < -0.39 is 36.7 Å². The van der Waals surface area contributed by atoms with E-state index in [4.69, 9.17) is 153 Å². The van der Waals surface area contributed by atoms with Gasteiger partial charge in [-0.2, -0.15) is 0 Å². The van der Waals surface area contributed by atoms with Gasteiger partial charge in [-0.15, -0.1) is 0 Å². The molecule has 28 heavy (non-hydrogen) atoms. The molecule has 0 aromatic rings. The molecule has 0 rings (SSSR count). The fraction of sp³-hybridized carbons (Fsp3) is 1.00. The van der Waals surface area contributed by atoms with Crippen molar-refractivity contribution in [3.8, 4) is 0 Å². The molecule has 0 spiro atoms. The summed E-state index contributed by atoms with van der Waals surface area (Å²) in [6, 6.07) is 0. The quantitative estimate of drug-likeness (QED) is 0.154. The van der Waals surface area contributed by atoms with Crippen molar-refractivity contribution >= 4 is 148 Å². The monoisotopic (exact) mass is 658 g/mol. The van der Waals surface area contributed by atoms with Gasteiger partial charge in [0.25, 0.3) is 0 Å². The summed E-state index contributed by atoms with van der Waals surface area (Å²) < 4.78 is 12.0. The third-order valence-corrected chi connectivity index (χ3v) is 6.84. The number of alkyl halides is 12. The largest absolute Gasteiger partial charge is 0.337 e. The normalized spacial score (nSPS) is 18.0. The van der Waals surface area contributed by atoms with E-state index in [9.17, 15) is 0 Å². The molecule has 0 aromatic carbocycles. The highest BCUT2D eigenvalue weighted by Gasteiger charge is 2.30. The van der Waals surface area contributed by atoms with Gasteiger partial charge in [0.05, 0.1) is 0 Å². The Labute approximate surface area is 225 Å². The Balaban J connectivity index is 4.75. The number of rotatable bonds is 12. The van der Waals surface area contributed by atoms with Crippen molar-refractivity contribution in [3.63, 3.8) is 0 Å². The maximum absolute atomic E-state index is 6.09. The van der Waals surface area contributed by atoms with Crippen LogP contribution in [0.15, 0.2) is 0 Å². The van der Waals surface area contributed by atoms with Crippen LogP contribution in [0.25, 0.3) is 0 Å². The molecular formula is C12H15Cl12O3P. The van der Waals surface area contributed by atoms with Crippen molar-refractivity contribution in [1.29, 1.82) is 0 Å². The molecule has 16 heteroatoms. The Hall–Kier alpha value is 3.79. The highest BCUT2D eigenvalue weighted by molar-refractivity contribution is 7.42. The van der Waals surface area contributed by atoms with Crippen LogP contribution in [0.4, 0.5) is 0 Å². The number of hydrogen-bond acceptors (Lipinski definition) is 3. The van der Waals surface area contributed by atoms with E-state index in [0.717, 1.165) is 0 Å². The lowest BCUT2D eigenvalue weighted by Gasteiger charge is -2.25. The second kappa shape index (κ2) is 14.9. The topological polar surface area (TPSA) is 27.7 Å². The van der Waals surface area contributed by atoms with Crippen molar-refractivity contribution in [2.45, 2.75) is 66.6 Å². The van der Waals surface area contributed by atoms with Crippen LogP contribution in [0.3, 0.4) is 0 Å². The lowest BCUT2D eigenvalue weighted by atomic mass is 10.3. The summed E-state index contributed by atoms with van der Waals surface area (Å²) in [5.74, 6) is 0. The standard InChI is InChI=1S/C12H15Cl12O3P/c13-7(1-4-10(16,17)18)25-28(26-8(14)2-5-11(19,20)21)27-9(15)3-6-12(22,23)24/h7-9H,1-6H2. The van der Waals surface area contributed by atoms with Crippen molar-refractivity contribution in [2.24, 2.45) is 0 Å². The molecule has 3 nitrogen and oxygen atoms in total. The minimum absolute atomic E-state index is 0.129. The molecule has 0 N–H and O–H groups in total. The molecule has 0 radical (unpaired) electrons. The molecule has 0 aliphatic heterocycles. The van der Waals surface area contributed by atoms with Gasteiger partial charge < -0.3 is 0 Å². The smallest absolute Gasteiger partial charge is 0.293 e. The molecule has 3 atom stereocenters. The van der Waals surface area contributed by atoms with Gasteiger partial charge in [-0.25, -0.2) is 0 Å². The highest BCUT2D eigenvalue weighted by atomic mass is 35.6. The lowest BCUT2D eigenvalue weighted by molar-refractivity contribution is 0.119. The average molecular weight is 664 g/mol. The predicted octanol–water partition coefficient (Wildman–Crippen LogP) is 10.4. The second-order valence-electron chi connectivity index (χ2n) is 5.23. The first-order valence-corrected chi connectivity index (χ1v) is 13.2. The van der Waals surface area contributed by atoms with Crippen LogP contribution in [-0.4, -0.2) is 28.1 Å². The Morgan fingerprint density at radius 2 is 0.714 bits per heavy atom. The van der Waals surface area contributed by atoms with Crippen LogP contribution in [0.2, 0.25) is 0 Å². The van der Waals surface area contributed by atoms with Crippen LogP contribution < -0.4 is 0 Å². The van der Waals surface area contributed by atoms with Gasteiger partial charge in [-0.1, -0.05) is 139 Å². The number of hydrogen-bond donors (Lipinski definition) is 0. The zero-order chi connectivity index (χ0) is 22.2. The maximum atomic E-state index is 6.09. The molecule has 0 aromatic heterocycles. The van der Waals surface area contributed by atoms with E-state index in [0.29, 0.717) is 0 Å². The fourth-order valence-corrected chi connectivity index (χ4v) is 4.26. The van der Waals surface area contributed by atoms with Crippen molar-refractivity contribution in [3.05, 3.63) is 0 Å². The zero-order valence-corrected chi connectivity index (χ0v) is 23.6. The third-order valence-electron chi connectivity index (χ3n) is 2.57. The van der Waals surface area contributed by atoms with E-state index in [1.54, 1.807) is 0 Å². The number of halogens is 12. The summed E-state index contributed by atoms with van der Waals surface area (Å²) in [7, 11) is -2.10. The van der Waals surface area contributed by atoms with E-state index >= 15 is 0 Å². The molecule has 0 saturated heterocycles. The van der Waals surface area contributed by atoms with E-state index in [1.165, 1.54) is 0 Å². The lowest BCUT2D eigenvalue weighted by Crippen LogP contribution is -2.16. The highest BCUT2D eigenvalue weighted by Crippen LogP contribution is 2.49. The van der Waals surface area contributed by atoms with Crippen LogP contribution in [0, 0.1) is 0 Å². The van der Waals surface area contributed by atoms with Crippen molar-refractivity contribution in [1.82, 2.24) is 0 Å². The summed E-state index contributed by atoms with van der Waals surface area (Å²) in [4.78, 5) is 0. The van der Waals surface area contributed by atoms with Gasteiger partial charge in [0.1, 0.15) is 16.7 Å². The van der Waals surface area contributed by atoms with Gasteiger partial charge in [-0.05, 0) is 38.5 Å². The minimum atomic E-state index is -2.10. The molecule has 0 bridgehead atoms. The molecule has 0 fully saturated rings. The van der Waals surface area contributed by atoms with Gasteiger partial charge in [0.15, 0.2) is 11.4 Å². The first-order valence-electron chi connectivity index (χ1n) is 7.40. The summed E-state index contributed by atoms with van der Waals surface area (Å²) >= 11 is 69.5. The first kappa shape index (κ1) is 31.8. The van der Waals surface area contributed by atoms with E-state index in [2.05, 4.69) is 0 Å². The Kier molecular flexibility index (Phi) is 16.9. The Morgan fingerprint density at radius 1 is 0.500 bits per heavy atom. The van der Waals surface area contributed by atoms with Crippen molar-refractivity contribution < 1.29 is 13.6 Å². The van der Waals surface area contributed by atoms with E-state index in [-0.39, 0.29) is 38.5 Å². The summed E-state index contributed by atoms with van der Waals surface area (Å²) in [6.07, 6.45) is 0.946. The van der Waals surface area contributed by atoms with Gasteiger partial charge in [0, 0.05) is 0 Å². The van der Waals surface area contributed by atoms with E-state index in [1.807, 2.05) is 0 Å². The zero-order valence-electron chi connectivity index (χ0n) is 13.7. The maximum Gasteiger partial charge on any atom is 0.337 e.